The van der Waals surface area contributed by atoms with Gasteiger partial charge in [-0.25, -0.2) is 0 Å². The number of aliphatic carboxylic acids is 1. The van der Waals surface area contributed by atoms with Crippen molar-refractivity contribution in [3.05, 3.63) is 0 Å². The molecule has 0 amide bonds. The summed E-state index contributed by atoms with van der Waals surface area (Å²) in [4.78, 5) is 10.7. The fourth-order valence-corrected chi connectivity index (χ4v) is 2.08. The largest absolute Gasteiger partial charge is 0.481 e. The van der Waals surface area contributed by atoms with Gasteiger partial charge in [0.25, 0.3) is 0 Å². The predicted octanol–water partition coefficient (Wildman–Crippen LogP) is 2.84. The van der Waals surface area contributed by atoms with Crippen molar-refractivity contribution >= 4 is 5.97 Å². The highest BCUT2D eigenvalue weighted by molar-refractivity contribution is 5.69. The van der Waals surface area contributed by atoms with Crippen LogP contribution in [0.5, 0.6) is 0 Å². The van der Waals surface area contributed by atoms with E-state index in [4.69, 9.17) is 9.84 Å². The number of unbranched alkanes of at least 4 members (excludes halogenated alkanes) is 2. The lowest BCUT2D eigenvalue weighted by Crippen LogP contribution is -2.26. The fraction of sp³-hybridized carbons (Fsp3) is 0.917. The number of ether oxygens (including phenoxy) is 1. The highest BCUT2D eigenvalue weighted by Gasteiger charge is 2.25. The first-order valence-corrected chi connectivity index (χ1v) is 6.08. The number of carboxylic acids is 1. The van der Waals surface area contributed by atoms with Crippen LogP contribution in [0, 0.1) is 5.92 Å². The third-order valence-corrected chi connectivity index (χ3v) is 3.12. The van der Waals surface area contributed by atoms with E-state index in [1.807, 2.05) is 0 Å². The molecule has 0 atom stereocenters. The van der Waals surface area contributed by atoms with Crippen LogP contribution in [0.1, 0.15) is 51.9 Å². The van der Waals surface area contributed by atoms with E-state index in [1.165, 1.54) is 12.8 Å². The Labute approximate surface area is 91.8 Å². The van der Waals surface area contributed by atoms with Crippen molar-refractivity contribution in [1.82, 2.24) is 0 Å². The van der Waals surface area contributed by atoms with Gasteiger partial charge in [0.2, 0.25) is 0 Å². The topological polar surface area (TPSA) is 46.5 Å². The standard InChI is InChI=1S/C12H22O3/c1-2-3-4-9-15-11-7-5-10(6-8-11)12(13)14/h10-11H,2-9H2,1H3,(H,13,14). The van der Waals surface area contributed by atoms with Crippen molar-refractivity contribution in [2.45, 2.75) is 58.0 Å². The van der Waals surface area contributed by atoms with E-state index in [0.29, 0.717) is 6.10 Å². The molecule has 0 aromatic carbocycles. The van der Waals surface area contributed by atoms with Gasteiger partial charge in [-0.2, -0.15) is 0 Å². The first kappa shape index (κ1) is 12.5. The molecule has 0 aliphatic heterocycles. The molecule has 0 heterocycles. The molecule has 88 valence electrons. The summed E-state index contributed by atoms with van der Waals surface area (Å²) in [6.45, 7) is 3.02. The molecule has 1 fully saturated rings. The van der Waals surface area contributed by atoms with E-state index in [9.17, 15) is 4.79 Å². The molecule has 0 saturated heterocycles. The van der Waals surface area contributed by atoms with Gasteiger partial charge >= 0.3 is 5.97 Å². The summed E-state index contributed by atoms with van der Waals surface area (Å²) >= 11 is 0. The van der Waals surface area contributed by atoms with Gasteiger partial charge < -0.3 is 9.84 Å². The summed E-state index contributed by atoms with van der Waals surface area (Å²) in [5.41, 5.74) is 0. The SMILES string of the molecule is CCCCCOC1CCC(C(=O)O)CC1. The fourth-order valence-electron chi connectivity index (χ4n) is 2.08. The Morgan fingerprint density at radius 2 is 1.93 bits per heavy atom. The second-order valence-electron chi connectivity index (χ2n) is 4.39. The predicted molar refractivity (Wildman–Crippen MR) is 58.9 cm³/mol. The number of rotatable bonds is 6. The van der Waals surface area contributed by atoms with Crippen LogP contribution in [0.25, 0.3) is 0 Å². The molecular weight excluding hydrogens is 192 g/mol. The molecule has 1 saturated carbocycles. The van der Waals surface area contributed by atoms with Crippen molar-refractivity contribution in [1.29, 1.82) is 0 Å². The zero-order valence-corrected chi connectivity index (χ0v) is 9.58. The second kappa shape index (κ2) is 6.83. The maximum absolute atomic E-state index is 10.7. The van der Waals surface area contributed by atoms with Gasteiger partial charge in [0.1, 0.15) is 0 Å². The summed E-state index contributed by atoms with van der Waals surface area (Å²) in [6.07, 6.45) is 7.31. The molecule has 1 rings (SSSR count). The molecular formula is C12H22O3. The number of carbonyl (C=O) groups is 1. The van der Waals surface area contributed by atoms with Gasteiger partial charge in [-0.05, 0) is 32.1 Å². The number of hydrogen-bond donors (Lipinski definition) is 1. The van der Waals surface area contributed by atoms with Crippen molar-refractivity contribution in [3.8, 4) is 0 Å². The first-order chi connectivity index (χ1) is 7.24. The summed E-state index contributed by atoms with van der Waals surface area (Å²) < 4.78 is 5.72. The molecule has 1 aliphatic carbocycles. The van der Waals surface area contributed by atoms with E-state index in [0.717, 1.165) is 38.7 Å². The Morgan fingerprint density at radius 3 is 2.47 bits per heavy atom. The zero-order chi connectivity index (χ0) is 11.1. The second-order valence-corrected chi connectivity index (χ2v) is 4.39. The van der Waals surface area contributed by atoms with E-state index >= 15 is 0 Å². The van der Waals surface area contributed by atoms with Crippen LogP contribution < -0.4 is 0 Å². The Hall–Kier alpha value is -0.570. The molecule has 1 aliphatic rings. The van der Waals surface area contributed by atoms with Crippen LogP contribution in [-0.4, -0.2) is 23.8 Å². The smallest absolute Gasteiger partial charge is 0.306 e. The van der Waals surface area contributed by atoms with Crippen molar-refractivity contribution in [2.24, 2.45) is 5.92 Å². The molecule has 0 bridgehead atoms. The molecule has 0 aromatic rings. The van der Waals surface area contributed by atoms with Gasteiger partial charge in [-0.3, -0.25) is 4.79 Å². The summed E-state index contributed by atoms with van der Waals surface area (Å²) in [5.74, 6) is -0.764. The summed E-state index contributed by atoms with van der Waals surface area (Å²) in [6, 6.07) is 0. The molecule has 3 heteroatoms. The maximum Gasteiger partial charge on any atom is 0.306 e. The lowest BCUT2D eigenvalue weighted by atomic mass is 9.87. The van der Waals surface area contributed by atoms with Gasteiger partial charge in [0, 0.05) is 6.61 Å². The monoisotopic (exact) mass is 214 g/mol. The van der Waals surface area contributed by atoms with Gasteiger partial charge in [0.15, 0.2) is 0 Å². The van der Waals surface area contributed by atoms with Crippen LogP contribution in [0.4, 0.5) is 0 Å². The first-order valence-electron chi connectivity index (χ1n) is 6.08. The van der Waals surface area contributed by atoms with Crippen LogP contribution in [-0.2, 0) is 9.53 Å². The minimum Gasteiger partial charge on any atom is -0.481 e. The minimum atomic E-state index is -0.639. The Morgan fingerprint density at radius 1 is 1.27 bits per heavy atom. The Balaban J connectivity index is 2.07. The number of hydrogen-bond acceptors (Lipinski definition) is 2. The number of carboxylic acid groups (broad SMARTS) is 1. The van der Waals surface area contributed by atoms with Crippen molar-refractivity contribution < 1.29 is 14.6 Å². The van der Waals surface area contributed by atoms with Crippen molar-refractivity contribution in [3.63, 3.8) is 0 Å². The van der Waals surface area contributed by atoms with Gasteiger partial charge in [-0.1, -0.05) is 19.8 Å². The lowest BCUT2D eigenvalue weighted by molar-refractivity contribution is -0.143. The molecule has 15 heavy (non-hydrogen) atoms. The van der Waals surface area contributed by atoms with Crippen LogP contribution in [0.15, 0.2) is 0 Å². The molecule has 0 radical (unpaired) electrons. The molecule has 0 aromatic heterocycles. The van der Waals surface area contributed by atoms with E-state index in [-0.39, 0.29) is 5.92 Å². The molecule has 0 unspecified atom stereocenters. The average molecular weight is 214 g/mol. The normalized spacial score (nSPS) is 26.5. The summed E-state index contributed by atoms with van der Waals surface area (Å²) in [5, 5.41) is 8.83. The minimum absolute atomic E-state index is 0.125. The van der Waals surface area contributed by atoms with Crippen molar-refractivity contribution in [2.75, 3.05) is 6.61 Å². The van der Waals surface area contributed by atoms with Crippen LogP contribution in [0.3, 0.4) is 0 Å². The van der Waals surface area contributed by atoms with Crippen LogP contribution in [0.2, 0.25) is 0 Å². The van der Waals surface area contributed by atoms with Gasteiger partial charge in [-0.15, -0.1) is 0 Å². The Bertz CT molecular complexity index is 183. The molecule has 1 N–H and O–H groups in total. The average Bonchev–Trinajstić information content (AvgIpc) is 2.25. The molecule has 0 spiro atoms. The van der Waals surface area contributed by atoms with E-state index < -0.39 is 5.97 Å². The summed E-state index contributed by atoms with van der Waals surface area (Å²) in [7, 11) is 0. The third-order valence-electron chi connectivity index (χ3n) is 3.12. The van der Waals surface area contributed by atoms with E-state index in [2.05, 4.69) is 6.92 Å². The quantitative estimate of drug-likeness (QED) is 0.691. The van der Waals surface area contributed by atoms with Crippen LogP contribution >= 0.6 is 0 Å². The maximum atomic E-state index is 10.7. The van der Waals surface area contributed by atoms with Gasteiger partial charge in [0.05, 0.1) is 12.0 Å². The molecule has 3 nitrogen and oxygen atoms in total. The highest BCUT2D eigenvalue weighted by atomic mass is 16.5. The highest BCUT2D eigenvalue weighted by Crippen LogP contribution is 2.26. The third kappa shape index (κ3) is 4.65. The van der Waals surface area contributed by atoms with E-state index in [1.54, 1.807) is 0 Å². The Kier molecular flexibility index (Phi) is 5.69. The zero-order valence-electron chi connectivity index (χ0n) is 9.58. The lowest BCUT2D eigenvalue weighted by Gasteiger charge is -2.26.